The molecular formula is C26H28BrNO4. The van der Waals surface area contributed by atoms with Crippen LogP contribution in [-0.4, -0.2) is 42.7 Å². The third-order valence-electron chi connectivity index (χ3n) is 5.63. The van der Waals surface area contributed by atoms with Crippen LogP contribution in [0.15, 0.2) is 57.6 Å². The first-order valence-corrected chi connectivity index (χ1v) is 11.7. The third-order valence-corrected chi connectivity index (χ3v) is 6.16. The Balaban J connectivity index is 1.73. The molecule has 0 radical (unpaired) electrons. The zero-order valence-electron chi connectivity index (χ0n) is 18.9. The van der Waals surface area contributed by atoms with E-state index in [1.54, 1.807) is 12.3 Å². The molecule has 1 aliphatic rings. The molecule has 0 aliphatic carbocycles. The van der Waals surface area contributed by atoms with Crippen molar-refractivity contribution in [2.45, 2.75) is 39.9 Å². The number of rotatable bonds is 5. The molecule has 1 amide bonds. The molecule has 2 heterocycles. The number of morpholine rings is 1. The molecule has 5 nitrogen and oxygen atoms in total. The average Bonchev–Trinajstić information content (AvgIpc) is 3.16. The maximum atomic E-state index is 13.0. The maximum absolute atomic E-state index is 13.0. The normalized spacial score (nSPS) is 19.4. The number of allylic oxidation sites excluding steroid dienone is 1. The average molecular weight is 498 g/mol. The minimum absolute atomic E-state index is 0.00706. The van der Waals surface area contributed by atoms with E-state index in [9.17, 15) is 4.79 Å². The van der Waals surface area contributed by atoms with Crippen molar-refractivity contribution in [2.24, 2.45) is 0 Å². The molecule has 6 heteroatoms. The molecule has 1 aromatic heterocycles. The minimum Gasteiger partial charge on any atom is -0.493 e. The third kappa shape index (κ3) is 4.76. The molecule has 0 saturated carbocycles. The van der Waals surface area contributed by atoms with Crippen molar-refractivity contribution in [1.82, 2.24) is 4.90 Å². The largest absolute Gasteiger partial charge is 0.493 e. The lowest BCUT2D eigenvalue weighted by Gasteiger charge is -2.34. The number of benzene rings is 2. The van der Waals surface area contributed by atoms with Crippen LogP contribution < -0.4 is 4.74 Å². The minimum atomic E-state index is -0.00706. The molecule has 0 N–H and O–H groups in total. The van der Waals surface area contributed by atoms with Gasteiger partial charge in [0.25, 0.3) is 0 Å². The summed E-state index contributed by atoms with van der Waals surface area (Å²) in [4.78, 5) is 14.9. The molecule has 1 fully saturated rings. The first kappa shape index (κ1) is 22.6. The highest BCUT2D eigenvalue weighted by Crippen LogP contribution is 2.38. The summed E-state index contributed by atoms with van der Waals surface area (Å²) in [6.07, 6.45) is 3.54. The molecule has 0 bridgehead atoms. The van der Waals surface area contributed by atoms with E-state index in [4.69, 9.17) is 13.9 Å². The molecule has 1 aliphatic heterocycles. The zero-order valence-corrected chi connectivity index (χ0v) is 20.4. The van der Waals surface area contributed by atoms with E-state index >= 15 is 0 Å². The highest BCUT2D eigenvalue weighted by Gasteiger charge is 2.25. The Bertz CT molecular complexity index is 1140. The summed E-state index contributed by atoms with van der Waals surface area (Å²) in [6.45, 7) is 9.61. The van der Waals surface area contributed by atoms with Crippen LogP contribution in [0, 0.1) is 0 Å². The van der Waals surface area contributed by atoms with Crippen molar-refractivity contribution in [3.05, 3.63) is 58.8 Å². The first-order valence-electron chi connectivity index (χ1n) is 10.9. The summed E-state index contributed by atoms with van der Waals surface area (Å²) in [6, 6.07) is 12.1. The lowest BCUT2D eigenvalue weighted by molar-refractivity contribution is -0.137. The van der Waals surface area contributed by atoms with Gasteiger partial charge in [-0.15, -0.1) is 0 Å². The fourth-order valence-corrected chi connectivity index (χ4v) is 4.47. The highest BCUT2D eigenvalue weighted by molar-refractivity contribution is 9.10. The standard InChI is InChI=1S/C26H28BrNO4/c1-5-30-24-12-25-22(23(15-31-25)19-6-8-20(27)9-7-19)11-21(24)16(2)10-26(29)28-13-17(3)32-18(4)14-28/h6-12,15,17-18H,5,13-14H2,1-4H3/b16-10+. The first-order chi connectivity index (χ1) is 15.4. The summed E-state index contributed by atoms with van der Waals surface area (Å²) >= 11 is 3.49. The fourth-order valence-electron chi connectivity index (χ4n) is 4.20. The van der Waals surface area contributed by atoms with Crippen LogP contribution >= 0.6 is 15.9 Å². The number of furan rings is 1. The molecule has 3 aromatic rings. The summed E-state index contributed by atoms with van der Waals surface area (Å²) in [5.41, 5.74) is 4.57. The topological polar surface area (TPSA) is 51.9 Å². The van der Waals surface area contributed by atoms with Gasteiger partial charge in [-0.25, -0.2) is 0 Å². The van der Waals surface area contributed by atoms with Gasteiger partial charge in [0, 0.05) is 46.2 Å². The number of carbonyl (C=O) groups excluding carboxylic acids is 1. The predicted octanol–water partition coefficient (Wildman–Crippen LogP) is 6.30. The van der Waals surface area contributed by atoms with Crippen LogP contribution in [0.25, 0.3) is 27.7 Å². The number of ether oxygens (including phenoxy) is 2. The SMILES string of the molecule is CCOc1cc2occ(-c3ccc(Br)cc3)c2cc1/C(C)=C/C(=O)N1CC(C)OC(C)C1. The van der Waals surface area contributed by atoms with Gasteiger partial charge >= 0.3 is 0 Å². The van der Waals surface area contributed by atoms with Crippen molar-refractivity contribution in [1.29, 1.82) is 0 Å². The quantitative estimate of drug-likeness (QED) is 0.388. The molecule has 168 valence electrons. The number of halogens is 1. The Hall–Kier alpha value is -2.57. The number of nitrogens with zero attached hydrogens (tertiary/aromatic N) is 1. The maximum Gasteiger partial charge on any atom is 0.247 e. The Morgan fingerprint density at radius 1 is 1.19 bits per heavy atom. The zero-order chi connectivity index (χ0) is 22.8. The number of fused-ring (bicyclic) bond motifs is 1. The van der Waals surface area contributed by atoms with Crippen LogP contribution in [-0.2, 0) is 9.53 Å². The fraction of sp³-hybridized carbons (Fsp3) is 0.346. The predicted molar refractivity (Wildman–Crippen MR) is 131 cm³/mol. The summed E-state index contributed by atoms with van der Waals surface area (Å²) < 4.78 is 18.5. The lowest BCUT2D eigenvalue weighted by atomic mass is 9.99. The van der Waals surface area contributed by atoms with Gasteiger partial charge in [0.05, 0.1) is 25.1 Å². The molecular weight excluding hydrogens is 470 g/mol. The van der Waals surface area contributed by atoms with E-state index < -0.39 is 0 Å². The monoisotopic (exact) mass is 497 g/mol. The van der Waals surface area contributed by atoms with Crippen LogP contribution in [0.5, 0.6) is 5.75 Å². The molecule has 2 atom stereocenters. The lowest BCUT2D eigenvalue weighted by Crippen LogP contribution is -2.47. The second kappa shape index (κ2) is 9.51. The Labute approximate surface area is 197 Å². The van der Waals surface area contributed by atoms with E-state index in [0.717, 1.165) is 37.7 Å². The van der Waals surface area contributed by atoms with Gasteiger partial charge in [-0.05, 0) is 57.0 Å². The Kier molecular flexibility index (Phi) is 6.72. The van der Waals surface area contributed by atoms with E-state index in [1.165, 1.54) is 0 Å². The van der Waals surface area contributed by atoms with Gasteiger partial charge in [-0.3, -0.25) is 4.79 Å². The number of hydrogen-bond acceptors (Lipinski definition) is 4. The van der Waals surface area contributed by atoms with Crippen LogP contribution in [0.3, 0.4) is 0 Å². The number of amides is 1. The van der Waals surface area contributed by atoms with Crippen molar-refractivity contribution >= 4 is 38.4 Å². The molecule has 2 unspecified atom stereocenters. The second-order valence-electron chi connectivity index (χ2n) is 8.26. The van der Waals surface area contributed by atoms with Crippen LogP contribution in [0.1, 0.15) is 33.3 Å². The highest BCUT2D eigenvalue weighted by atomic mass is 79.9. The van der Waals surface area contributed by atoms with E-state index in [2.05, 4.69) is 34.1 Å². The molecule has 4 rings (SSSR count). The van der Waals surface area contributed by atoms with Crippen LogP contribution in [0.4, 0.5) is 0 Å². The van der Waals surface area contributed by atoms with Gasteiger partial charge in [-0.2, -0.15) is 0 Å². The van der Waals surface area contributed by atoms with Crippen LogP contribution in [0.2, 0.25) is 0 Å². The molecule has 32 heavy (non-hydrogen) atoms. The Morgan fingerprint density at radius 2 is 1.88 bits per heavy atom. The summed E-state index contributed by atoms with van der Waals surface area (Å²) in [5, 5.41) is 0.986. The number of carbonyl (C=O) groups is 1. The van der Waals surface area contributed by atoms with Crippen molar-refractivity contribution < 1.29 is 18.7 Å². The van der Waals surface area contributed by atoms with Gasteiger partial charge in [0.1, 0.15) is 11.3 Å². The molecule has 0 spiro atoms. The molecule has 1 saturated heterocycles. The van der Waals surface area contributed by atoms with E-state index in [1.807, 2.05) is 50.8 Å². The smallest absolute Gasteiger partial charge is 0.247 e. The van der Waals surface area contributed by atoms with Gasteiger partial charge in [0.2, 0.25) is 5.91 Å². The Morgan fingerprint density at radius 3 is 2.53 bits per heavy atom. The van der Waals surface area contributed by atoms with Crippen molar-refractivity contribution in [3.63, 3.8) is 0 Å². The number of hydrogen-bond donors (Lipinski definition) is 0. The van der Waals surface area contributed by atoms with Gasteiger partial charge < -0.3 is 18.8 Å². The van der Waals surface area contributed by atoms with Crippen molar-refractivity contribution in [2.75, 3.05) is 19.7 Å². The second-order valence-corrected chi connectivity index (χ2v) is 9.18. The van der Waals surface area contributed by atoms with Gasteiger partial charge in [-0.1, -0.05) is 28.1 Å². The summed E-state index contributed by atoms with van der Waals surface area (Å²) in [5.74, 6) is 0.703. The molecule has 2 aromatic carbocycles. The van der Waals surface area contributed by atoms with Gasteiger partial charge in [0.15, 0.2) is 0 Å². The summed E-state index contributed by atoms with van der Waals surface area (Å²) in [7, 11) is 0. The van der Waals surface area contributed by atoms with E-state index in [0.29, 0.717) is 25.4 Å². The van der Waals surface area contributed by atoms with Crippen molar-refractivity contribution in [3.8, 4) is 16.9 Å². The van der Waals surface area contributed by atoms with E-state index in [-0.39, 0.29) is 18.1 Å².